The number of carbonyl (C=O) groups excluding carboxylic acids is 1. The number of oxime groups is 1. The minimum Gasteiger partial charge on any atom is -0.459 e. The van der Waals surface area contributed by atoms with Crippen molar-refractivity contribution in [1.82, 2.24) is 4.90 Å². The fourth-order valence-corrected chi connectivity index (χ4v) is 8.61. The van der Waals surface area contributed by atoms with Crippen molar-refractivity contribution in [2.75, 3.05) is 21.2 Å². The van der Waals surface area contributed by atoms with Crippen LogP contribution in [0.25, 0.3) is 0 Å². The van der Waals surface area contributed by atoms with Crippen LogP contribution >= 0.6 is 0 Å². The minimum absolute atomic E-state index is 0.0657. The molecular formula is C37H68N2O13. The monoisotopic (exact) mass is 748 g/mol. The van der Waals surface area contributed by atoms with Gasteiger partial charge in [0.05, 0.1) is 53.4 Å². The predicted molar refractivity (Wildman–Crippen MR) is 190 cm³/mol. The number of esters is 1. The molecule has 3 heterocycles. The zero-order valence-electron chi connectivity index (χ0n) is 33.4. The highest BCUT2D eigenvalue weighted by atomic mass is 16.7. The van der Waals surface area contributed by atoms with Crippen molar-refractivity contribution in [3.05, 3.63) is 0 Å². The third-order valence-electron chi connectivity index (χ3n) is 12.0. The van der Waals surface area contributed by atoms with Crippen molar-refractivity contribution in [2.45, 2.75) is 179 Å². The summed E-state index contributed by atoms with van der Waals surface area (Å²) in [5, 5.41) is 71.8. The molecule has 0 aromatic rings. The van der Waals surface area contributed by atoms with Crippen LogP contribution in [-0.2, 0) is 33.2 Å². The first-order valence-electron chi connectivity index (χ1n) is 18.7. The van der Waals surface area contributed by atoms with Gasteiger partial charge in [0.1, 0.15) is 23.9 Å². The Kier molecular flexibility index (Phi) is 15.1. The van der Waals surface area contributed by atoms with E-state index < -0.39 is 102 Å². The van der Waals surface area contributed by atoms with Crippen molar-refractivity contribution < 1.29 is 64.0 Å². The molecular weight excluding hydrogens is 680 g/mol. The maximum absolute atomic E-state index is 14.1. The smallest absolute Gasteiger partial charge is 0.311 e. The number of likely N-dealkylation sites (N-methyl/N-ethyl adjacent to an activating group) is 1. The predicted octanol–water partition coefficient (Wildman–Crippen LogP) is 2.05. The largest absolute Gasteiger partial charge is 0.459 e. The number of rotatable bonds is 7. The van der Waals surface area contributed by atoms with Crippen molar-refractivity contribution >= 4 is 11.7 Å². The lowest BCUT2D eigenvalue weighted by Crippen LogP contribution is -2.61. The van der Waals surface area contributed by atoms with E-state index in [-0.39, 0.29) is 37.1 Å². The lowest BCUT2D eigenvalue weighted by atomic mass is 9.73. The highest BCUT2D eigenvalue weighted by Gasteiger charge is 2.53. The van der Waals surface area contributed by atoms with Gasteiger partial charge in [0.15, 0.2) is 12.6 Å². The maximum atomic E-state index is 14.1. The number of carbonyl (C=O) groups is 1. The number of hydrogen-bond acceptors (Lipinski definition) is 15. The van der Waals surface area contributed by atoms with E-state index in [1.807, 2.05) is 25.9 Å². The Morgan fingerprint density at radius 3 is 2.08 bits per heavy atom. The van der Waals surface area contributed by atoms with E-state index in [2.05, 4.69) is 5.16 Å². The van der Waals surface area contributed by atoms with Gasteiger partial charge in [-0.15, -0.1) is 0 Å². The molecule has 3 saturated heterocycles. The first-order valence-corrected chi connectivity index (χ1v) is 18.7. The summed E-state index contributed by atoms with van der Waals surface area (Å²) in [5.41, 5.74) is -4.68. The van der Waals surface area contributed by atoms with Crippen LogP contribution in [0.1, 0.15) is 94.9 Å². The quantitative estimate of drug-likeness (QED) is 0.125. The van der Waals surface area contributed by atoms with Crippen LogP contribution in [0.3, 0.4) is 0 Å². The summed E-state index contributed by atoms with van der Waals surface area (Å²) >= 11 is 0. The number of cyclic esters (lactones) is 1. The number of aliphatic hydroxyl groups is 5. The summed E-state index contributed by atoms with van der Waals surface area (Å²) in [6, 6.07) is -0.322. The van der Waals surface area contributed by atoms with Crippen LogP contribution in [0.2, 0.25) is 0 Å². The molecule has 3 rings (SSSR count). The molecule has 0 aliphatic carbocycles. The van der Waals surface area contributed by atoms with Crippen molar-refractivity contribution in [1.29, 1.82) is 0 Å². The molecule has 6 N–H and O–H groups in total. The summed E-state index contributed by atoms with van der Waals surface area (Å²) in [5.74, 6) is -4.24. The highest BCUT2D eigenvalue weighted by Crippen LogP contribution is 2.41. The minimum atomic E-state index is -1.97. The summed E-state index contributed by atoms with van der Waals surface area (Å²) in [6.45, 7) is 16.6. The van der Waals surface area contributed by atoms with Gasteiger partial charge in [0.2, 0.25) is 0 Å². The van der Waals surface area contributed by atoms with Crippen molar-refractivity contribution in [2.24, 2.45) is 28.8 Å². The number of hydrogen-bond donors (Lipinski definition) is 6. The van der Waals surface area contributed by atoms with Crippen LogP contribution in [-0.4, -0.2) is 153 Å². The molecule has 18 atom stereocenters. The Bertz CT molecular complexity index is 1200. The Hall–Kier alpha value is -1.50. The number of methoxy groups -OCH3 is 1. The van der Waals surface area contributed by atoms with Crippen molar-refractivity contribution in [3.8, 4) is 0 Å². The summed E-state index contributed by atoms with van der Waals surface area (Å²) < 4.78 is 37.2. The fourth-order valence-electron chi connectivity index (χ4n) is 8.61. The molecule has 3 aliphatic heterocycles. The molecule has 0 spiro atoms. The average molecular weight is 749 g/mol. The molecule has 0 radical (unpaired) electrons. The third kappa shape index (κ3) is 9.47. The van der Waals surface area contributed by atoms with E-state index in [9.17, 15) is 35.5 Å². The molecule has 0 saturated carbocycles. The van der Waals surface area contributed by atoms with Gasteiger partial charge in [-0.3, -0.25) is 4.79 Å². The zero-order valence-corrected chi connectivity index (χ0v) is 33.4. The second-order valence-electron chi connectivity index (χ2n) is 16.6. The Labute approximate surface area is 309 Å². The van der Waals surface area contributed by atoms with Gasteiger partial charge in [0.25, 0.3) is 0 Å². The first-order chi connectivity index (χ1) is 24.0. The second kappa shape index (κ2) is 17.5. The van der Waals surface area contributed by atoms with Gasteiger partial charge in [-0.2, -0.15) is 0 Å². The van der Waals surface area contributed by atoms with Crippen LogP contribution in [0.4, 0.5) is 0 Å². The maximum Gasteiger partial charge on any atom is 0.311 e. The van der Waals surface area contributed by atoms with Crippen LogP contribution in [0, 0.1) is 23.7 Å². The Morgan fingerprint density at radius 2 is 1.54 bits per heavy atom. The van der Waals surface area contributed by atoms with Crippen LogP contribution < -0.4 is 0 Å². The first kappa shape index (κ1) is 44.9. The molecule has 3 aliphatic rings. The Morgan fingerprint density at radius 1 is 0.923 bits per heavy atom. The van der Waals surface area contributed by atoms with Gasteiger partial charge in [-0.05, 0) is 74.9 Å². The third-order valence-corrected chi connectivity index (χ3v) is 12.0. The van der Waals surface area contributed by atoms with E-state index >= 15 is 0 Å². The van der Waals surface area contributed by atoms with Crippen LogP contribution in [0.15, 0.2) is 5.16 Å². The average Bonchev–Trinajstić information content (AvgIpc) is 3.06. The molecule has 0 amide bonds. The molecule has 15 heteroatoms. The molecule has 304 valence electrons. The van der Waals surface area contributed by atoms with Crippen molar-refractivity contribution in [3.63, 3.8) is 0 Å². The second-order valence-corrected chi connectivity index (χ2v) is 16.6. The van der Waals surface area contributed by atoms with Crippen LogP contribution in [0.5, 0.6) is 0 Å². The molecule has 15 nitrogen and oxygen atoms in total. The molecule has 3 unspecified atom stereocenters. The van der Waals surface area contributed by atoms with E-state index in [4.69, 9.17) is 28.4 Å². The standard InChI is InChI=1S/C37H68N2O13/c1-14-25-37(10,45)30(41)20(4)27(38-46)18(2)16-35(8,44)32(52-34-28(40)24(39(11)12)15-19(3)48-34)21(5)29(22(6)33(43)50-25)51-26-17-36(9,47-13)31(42)23(7)49-26/h18-26,28-32,34,40-42,44-46H,14-17H2,1-13H3/b38-27-/t18-,19-,20+,21-,22-,23-,24+,25-,26?,28-,29+,30+,31-,32-,34?,35?,36+,37-/m1/s1. The number of ether oxygens (including phenoxy) is 6. The molecule has 3 fully saturated rings. The van der Waals surface area contributed by atoms with Gasteiger partial charge in [-0.25, -0.2) is 0 Å². The molecule has 0 aromatic heterocycles. The van der Waals surface area contributed by atoms with E-state index in [1.165, 1.54) is 14.0 Å². The van der Waals surface area contributed by atoms with Gasteiger partial charge < -0.3 is 64.1 Å². The van der Waals surface area contributed by atoms with Gasteiger partial charge >= 0.3 is 5.97 Å². The van der Waals surface area contributed by atoms with Gasteiger partial charge in [-0.1, -0.05) is 32.9 Å². The lowest BCUT2D eigenvalue weighted by Gasteiger charge is -2.49. The lowest BCUT2D eigenvalue weighted by molar-refractivity contribution is -0.317. The molecule has 52 heavy (non-hydrogen) atoms. The Balaban J connectivity index is 2.21. The highest BCUT2D eigenvalue weighted by molar-refractivity contribution is 5.88. The topological polar surface area (TPSA) is 209 Å². The van der Waals surface area contributed by atoms with E-state index in [0.717, 1.165) is 0 Å². The summed E-state index contributed by atoms with van der Waals surface area (Å²) in [7, 11) is 5.19. The fraction of sp³-hybridized carbons (Fsp3) is 0.946. The number of nitrogens with zero attached hydrogens (tertiary/aromatic N) is 2. The van der Waals surface area contributed by atoms with Gasteiger partial charge in [0, 0.05) is 37.3 Å². The summed E-state index contributed by atoms with van der Waals surface area (Å²) in [4.78, 5) is 16.0. The SMILES string of the molecule is CC[C@H]1OC(=O)[C@H](C)[C@@H](OC2C[C@](C)(OC)[C@H](O)[C@@H](C)O2)[C@@H](C)[C@@H](OC2O[C@H](C)C[C@H](N(C)C)[C@H]2O)C(C)(O)C[C@@H](C)/C(=N/O)[C@H](C)[C@H](O)[C@]1(C)O. The van der Waals surface area contributed by atoms with E-state index in [1.54, 1.807) is 55.4 Å². The number of aliphatic hydroxyl groups excluding tert-OH is 3. The van der Waals surface area contributed by atoms with E-state index in [0.29, 0.717) is 6.42 Å². The zero-order chi connectivity index (χ0) is 39.7. The molecule has 0 bridgehead atoms. The molecule has 0 aromatic carbocycles. The summed E-state index contributed by atoms with van der Waals surface area (Å²) in [6.07, 6.45) is -9.51. The normalized spacial score (nSPS) is 49.8.